The third kappa shape index (κ3) is 3.65. The fourth-order valence-electron chi connectivity index (χ4n) is 2.76. The number of fused-ring (bicyclic) bond motifs is 1. The van der Waals surface area contributed by atoms with Crippen LogP contribution in [0.1, 0.15) is 30.5 Å². The van der Waals surface area contributed by atoms with Gasteiger partial charge in [-0.25, -0.2) is 4.79 Å². The maximum Gasteiger partial charge on any atom is 0.340 e. The highest BCUT2D eigenvalue weighted by Crippen LogP contribution is 2.33. The molecule has 1 aromatic heterocycles. The summed E-state index contributed by atoms with van der Waals surface area (Å²) in [7, 11) is 0. The number of benzene rings is 2. The summed E-state index contributed by atoms with van der Waals surface area (Å²) in [5.74, 6) is 0.206. The quantitative estimate of drug-likeness (QED) is 0.611. The standard InChI is InChI=1S/C21H19ClO4/c1-12-16-10-18(22)20(25-14(3)13(2)23)11-19(16)26-21(24)17(12)9-15-7-5-4-6-8-15/h4-8,10-11,14H,9H2,1-3H3/t14-/m1/s1. The lowest BCUT2D eigenvalue weighted by molar-refractivity contribution is -0.122. The van der Waals surface area contributed by atoms with Crippen molar-refractivity contribution in [2.24, 2.45) is 0 Å². The highest BCUT2D eigenvalue weighted by Gasteiger charge is 2.17. The first-order valence-electron chi connectivity index (χ1n) is 8.33. The summed E-state index contributed by atoms with van der Waals surface area (Å²) < 4.78 is 11.1. The number of ether oxygens (including phenoxy) is 1. The molecule has 3 rings (SSSR count). The summed E-state index contributed by atoms with van der Waals surface area (Å²) in [6.07, 6.45) is -0.141. The number of carbonyl (C=O) groups is 1. The molecule has 0 N–H and O–H groups in total. The van der Waals surface area contributed by atoms with E-state index in [1.807, 2.05) is 37.3 Å². The zero-order valence-corrected chi connectivity index (χ0v) is 15.6. The molecule has 0 radical (unpaired) electrons. The Kier molecular flexibility index (Phi) is 5.14. The van der Waals surface area contributed by atoms with E-state index >= 15 is 0 Å². The van der Waals surface area contributed by atoms with Crippen LogP contribution in [0, 0.1) is 6.92 Å². The van der Waals surface area contributed by atoms with Gasteiger partial charge in [0, 0.05) is 23.4 Å². The van der Waals surface area contributed by atoms with Gasteiger partial charge in [-0.15, -0.1) is 0 Å². The zero-order chi connectivity index (χ0) is 18.8. The molecule has 0 aliphatic rings. The second kappa shape index (κ2) is 7.34. The first kappa shape index (κ1) is 18.2. The molecule has 5 heteroatoms. The number of hydrogen-bond acceptors (Lipinski definition) is 4. The van der Waals surface area contributed by atoms with Crippen molar-refractivity contribution in [1.29, 1.82) is 0 Å². The molecule has 2 aromatic carbocycles. The predicted molar refractivity (Wildman–Crippen MR) is 102 cm³/mol. The van der Waals surface area contributed by atoms with E-state index in [-0.39, 0.29) is 11.4 Å². The molecule has 26 heavy (non-hydrogen) atoms. The monoisotopic (exact) mass is 370 g/mol. The summed E-state index contributed by atoms with van der Waals surface area (Å²) in [4.78, 5) is 23.9. The van der Waals surface area contributed by atoms with Gasteiger partial charge >= 0.3 is 5.63 Å². The largest absolute Gasteiger partial charge is 0.481 e. The first-order valence-corrected chi connectivity index (χ1v) is 8.71. The Morgan fingerprint density at radius 3 is 2.58 bits per heavy atom. The molecule has 0 fully saturated rings. The van der Waals surface area contributed by atoms with Crippen molar-refractivity contribution in [2.75, 3.05) is 0 Å². The molecule has 1 atom stereocenters. The average molecular weight is 371 g/mol. The highest BCUT2D eigenvalue weighted by molar-refractivity contribution is 6.32. The molecule has 3 aromatic rings. The summed E-state index contributed by atoms with van der Waals surface area (Å²) in [6, 6.07) is 13.0. The Balaban J connectivity index is 2.07. The van der Waals surface area contributed by atoms with Crippen LogP contribution in [0.4, 0.5) is 0 Å². The molecule has 0 spiro atoms. The minimum Gasteiger partial charge on any atom is -0.481 e. The van der Waals surface area contributed by atoms with Crippen LogP contribution in [-0.2, 0) is 11.2 Å². The average Bonchev–Trinajstić information content (AvgIpc) is 2.61. The predicted octanol–water partition coefficient (Wildman–Crippen LogP) is 4.70. The highest BCUT2D eigenvalue weighted by atomic mass is 35.5. The molecule has 0 saturated heterocycles. The number of hydrogen-bond donors (Lipinski definition) is 0. The third-order valence-electron chi connectivity index (χ3n) is 4.44. The van der Waals surface area contributed by atoms with Gasteiger partial charge in [0.25, 0.3) is 0 Å². The summed E-state index contributed by atoms with van der Waals surface area (Å²) in [5.41, 5.74) is 2.47. The Bertz CT molecular complexity index is 1020. The second-order valence-electron chi connectivity index (χ2n) is 6.30. The van der Waals surface area contributed by atoms with Gasteiger partial charge in [-0.1, -0.05) is 41.9 Å². The Hall–Kier alpha value is -2.59. The van der Waals surface area contributed by atoms with Crippen LogP contribution in [0.2, 0.25) is 5.02 Å². The molecule has 0 saturated carbocycles. The Morgan fingerprint density at radius 2 is 1.92 bits per heavy atom. The lowest BCUT2D eigenvalue weighted by Gasteiger charge is -2.14. The van der Waals surface area contributed by atoms with Crippen LogP contribution in [-0.4, -0.2) is 11.9 Å². The van der Waals surface area contributed by atoms with Crippen molar-refractivity contribution in [3.8, 4) is 5.75 Å². The van der Waals surface area contributed by atoms with Crippen LogP contribution in [0.25, 0.3) is 11.0 Å². The van der Waals surface area contributed by atoms with E-state index < -0.39 is 6.10 Å². The molecule has 0 amide bonds. The maximum absolute atomic E-state index is 12.5. The fourth-order valence-corrected chi connectivity index (χ4v) is 2.97. The lowest BCUT2D eigenvalue weighted by atomic mass is 9.99. The number of aryl methyl sites for hydroxylation is 1. The Morgan fingerprint density at radius 1 is 1.23 bits per heavy atom. The van der Waals surface area contributed by atoms with E-state index in [1.165, 1.54) is 6.92 Å². The van der Waals surface area contributed by atoms with Crippen LogP contribution in [0.5, 0.6) is 5.75 Å². The van der Waals surface area contributed by atoms with Crippen LogP contribution >= 0.6 is 11.6 Å². The molecule has 0 aliphatic carbocycles. The number of ketones is 1. The molecular formula is C21H19ClO4. The van der Waals surface area contributed by atoms with Gasteiger partial charge in [-0.2, -0.15) is 0 Å². The van der Waals surface area contributed by atoms with E-state index in [0.29, 0.717) is 28.3 Å². The summed E-state index contributed by atoms with van der Waals surface area (Å²) in [6.45, 7) is 4.97. The lowest BCUT2D eigenvalue weighted by Crippen LogP contribution is -2.20. The van der Waals surface area contributed by atoms with Crippen molar-refractivity contribution in [2.45, 2.75) is 33.3 Å². The Labute approximate surface area is 156 Å². The van der Waals surface area contributed by atoms with Gasteiger partial charge in [-0.05, 0) is 38.0 Å². The summed E-state index contributed by atoms with van der Waals surface area (Å²) >= 11 is 6.32. The van der Waals surface area contributed by atoms with Crippen molar-refractivity contribution < 1.29 is 13.9 Å². The molecule has 1 heterocycles. The van der Waals surface area contributed by atoms with Gasteiger partial charge in [0.1, 0.15) is 11.3 Å². The van der Waals surface area contributed by atoms with Crippen molar-refractivity contribution in [1.82, 2.24) is 0 Å². The first-order chi connectivity index (χ1) is 12.4. The van der Waals surface area contributed by atoms with Crippen LogP contribution < -0.4 is 10.4 Å². The molecule has 0 aliphatic heterocycles. The van der Waals surface area contributed by atoms with E-state index in [4.69, 9.17) is 20.8 Å². The SMILES string of the molecule is CC(=O)[C@@H](C)Oc1cc2oc(=O)c(Cc3ccccc3)c(C)c2cc1Cl. The van der Waals surface area contributed by atoms with E-state index in [0.717, 1.165) is 16.5 Å². The van der Waals surface area contributed by atoms with Gasteiger partial charge in [-0.3, -0.25) is 4.79 Å². The minimum atomic E-state index is -0.630. The number of rotatable bonds is 5. The van der Waals surface area contributed by atoms with Crippen molar-refractivity contribution in [3.63, 3.8) is 0 Å². The van der Waals surface area contributed by atoms with Crippen molar-refractivity contribution >= 4 is 28.4 Å². The maximum atomic E-state index is 12.5. The number of halogens is 1. The molecule has 0 bridgehead atoms. The normalized spacial score (nSPS) is 12.2. The number of Topliss-reactive ketones (excluding diaryl/α,β-unsaturated/α-hetero) is 1. The zero-order valence-electron chi connectivity index (χ0n) is 14.8. The van der Waals surface area contributed by atoms with Crippen LogP contribution in [0.3, 0.4) is 0 Å². The molecular weight excluding hydrogens is 352 g/mol. The van der Waals surface area contributed by atoms with Gasteiger partial charge in [0.15, 0.2) is 11.9 Å². The van der Waals surface area contributed by atoms with E-state index in [1.54, 1.807) is 19.1 Å². The van der Waals surface area contributed by atoms with Gasteiger partial charge in [0.05, 0.1) is 5.02 Å². The van der Waals surface area contributed by atoms with E-state index in [2.05, 4.69) is 0 Å². The second-order valence-corrected chi connectivity index (χ2v) is 6.71. The fraction of sp³-hybridized carbons (Fsp3) is 0.238. The topological polar surface area (TPSA) is 56.5 Å². The van der Waals surface area contributed by atoms with Gasteiger partial charge in [0.2, 0.25) is 0 Å². The van der Waals surface area contributed by atoms with Crippen molar-refractivity contribution in [3.05, 3.63) is 74.6 Å². The molecule has 134 valence electrons. The number of carbonyl (C=O) groups excluding carboxylic acids is 1. The van der Waals surface area contributed by atoms with Gasteiger partial charge < -0.3 is 9.15 Å². The minimum absolute atomic E-state index is 0.114. The molecule has 4 nitrogen and oxygen atoms in total. The smallest absolute Gasteiger partial charge is 0.340 e. The van der Waals surface area contributed by atoms with E-state index in [9.17, 15) is 9.59 Å². The van der Waals surface area contributed by atoms with Crippen LogP contribution in [0.15, 0.2) is 51.7 Å². The third-order valence-corrected chi connectivity index (χ3v) is 4.74. The summed E-state index contributed by atoms with van der Waals surface area (Å²) in [5, 5.41) is 1.12. The molecule has 0 unspecified atom stereocenters.